The van der Waals surface area contributed by atoms with E-state index in [0.29, 0.717) is 5.75 Å². The van der Waals surface area contributed by atoms with Gasteiger partial charge in [0.2, 0.25) is 5.91 Å². The summed E-state index contributed by atoms with van der Waals surface area (Å²) in [7, 11) is 0. The third kappa shape index (κ3) is 3.62. The second kappa shape index (κ2) is 6.28. The molecule has 0 atom stereocenters. The molecule has 0 fully saturated rings. The minimum Gasteiger partial charge on any atom is -0.325 e. The van der Waals surface area contributed by atoms with Crippen LogP contribution in [0.2, 0.25) is 0 Å². The fourth-order valence-electron chi connectivity index (χ4n) is 1.92. The van der Waals surface area contributed by atoms with Crippen LogP contribution in [0.25, 0.3) is 10.2 Å². The number of carbonyl (C=O) groups excluding carboxylic acids is 1. The van der Waals surface area contributed by atoms with Crippen molar-refractivity contribution in [1.82, 2.24) is 4.98 Å². The Hall–Kier alpha value is -1.85. The maximum atomic E-state index is 12.0. The van der Waals surface area contributed by atoms with Gasteiger partial charge in [-0.05, 0) is 37.3 Å². The molecule has 0 bridgehead atoms. The number of aromatic nitrogens is 1. The lowest BCUT2D eigenvalue weighted by Gasteiger charge is -2.05. The number of nitrogens with zero attached hydrogens (tertiary/aromatic N) is 1. The predicted molar refractivity (Wildman–Crippen MR) is 90.2 cm³/mol. The third-order valence-electron chi connectivity index (χ3n) is 3.01. The molecule has 0 radical (unpaired) electrons. The molecule has 3 rings (SSSR count). The van der Waals surface area contributed by atoms with Gasteiger partial charge in [-0.25, -0.2) is 4.98 Å². The number of anilines is 1. The Bertz CT molecular complexity index is 765. The Morgan fingerprint density at radius 1 is 1.24 bits per heavy atom. The van der Waals surface area contributed by atoms with E-state index < -0.39 is 0 Å². The van der Waals surface area contributed by atoms with Gasteiger partial charge in [-0.2, -0.15) is 0 Å². The van der Waals surface area contributed by atoms with E-state index in [4.69, 9.17) is 0 Å². The van der Waals surface area contributed by atoms with Crippen molar-refractivity contribution < 1.29 is 4.79 Å². The van der Waals surface area contributed by atoms with Crippen LogP contribution in [0.1, 0.15) is 5.56 Å². The van der Waals surface area contributed by atoms with Gasteiger partial charge in [0.25, 0.3) is 0 Å². The number of nitrogens with one attached hydrogen (secondary N) is 1. The lowest BCUT2D eigenvalue weighted by atomic mass is 10.2. The fraction of sp³-hybridized carbons (Fsp3) is 0.125. The molecular weight excluding hydrogens is 300 g/mol. The zero-order valence-electron chi connectivity index (χ0n) is 11.5. The van der Waals surface area contributed by atoms with E-state index in [1.54, 1.807) is 11.3 Å². The SMILES string of the molecule is Cc1ccc(SCC(=O)Nc2ccc3scnc3c2)cc1. The van der Waals surface area contributed by atoms with E-state index in [1.165, 1.54) is 17.3 Å². The van der Waals surface area contributed by atoms with E-state index in [-0.39, 0.29) is 5.91 Å². The Morgan fingerprint density at radius 3 is 2.86 bits per heavy atom. The summed E-state index contributed by atoms with van der Waals surface area (Å²) in [5, 5.41) is 2.91. The number of fused-ring (bicyclic) bond motifs is 1. The molecule has 0 spiro atoms. The van der Waals surface area contributed by atoms with Crippen LogP contribution < -0.4 is 5.32 Å². The van der Waals surface area contributed by atoms with Crippen molar-refractivity contribution >= 4 is 44.9 Å². The molecule has 1 heterocycles. The van der Waals surface area contributed by atoms with Gasteiger partial charge in [0, 0.05) is 10.6 Å². The van der Waals surface area contributed by atoms with Gasteiger partial charge in [0.05, 0.1) is 21.5 Å². The molecule has 0 aliphatic carbocycles. The molecule has 5 heteroatoms. The van der Waals surface area contributed by atoms with Crippen molar-refractivity contribution in [3.63, 3.8) is 0 Å². The van der Waals surface area contributed by atoms with Crippen LogP contribution in [0.15, 0.2) is 52.9 Å². The predicted octanol–water partition coefficient (Wildman–Crippen LogP) is 4.34. The van der Waals surface area contributed by atoms with E-state index in [1.807, 2.05) is 35.8 Å². The highest BCUT2D eigenvalue weighted by molar-refractivity contribution is 8.00. The molecule has 106 valence electrons. The fourth-order valence-corrected chi connectivity index (χ4v) is 3.27. The number of hydrogen-bond donors (Lipinski definition) is 1. The molecule has 1 N–H and O–H groups in total. The van der Waals surface area contributed by atoms with Crippen LogP contribution >= 0.6 is 23.1 Å². The molecule has 2 aromatic carbocycles. The molecule has 3 aromatic rings. The maximum absolute atomic E-state index is 12.0. The topological polar surface area (TPSA) is 42.0 Å². The Morgan fingerprint density at radius 2 is 2.05 bits per heavy atom. The minimum atomic E-state index is -0.00449. The van der Waals surface area contributed by atoms with Crippen LogP contribution in [0.3, 0.4) is 0 Å². The second-order valence-corrected chi connectivity index (χ2v) is 6.62. The number of thioether (sulfide) groups is 1. The smallest absolute Gasteiger partial charge is 0.234 e. The van der Waals surface area contributed by atoms with Crippen molar-refractivity contribution in [3.05, 3.63) is 53.5 Å². The summed E-state index contributed by atoms with van der Waals surface area (Å²) < 4.78 is 1.13. The molecule has 0 saturated heterocycles. The summed E-state index contributed by atoms with van der Waals surface area (Å²) in [6, 6.07) is 14.0. The van der Waals surface area contributed by atoms with Crippen molar-refractivity contribution in [2.45, 2.75) is 11.8 Å². The zero-order chi connectivity index (χ0) is 14.7. The summed E-state index contributed by atoms with van der Waals surface area (Å²) in [6.07, 6.45) is 0. The number of aryl methyl sites for hydroxylation is 1. The number of amides is 1. The van der Waals surface area contributed by atoms with Crippen molar-refractivity contribution in [2.75, 3.05) is 11.1 Å². The minimum absolute atomic E-state index is 0.00449. The normalized spacial score (nSPS) is 10.7. The Kier molecular flexibility index (Phi) is 4.22. The molecule has 0 saturated carbocycles. The number of hydrogen-bond acceptors (Lipinski definition) is 4. The maximum Gasteiger partial charge on any atom is 0.234 e. The highest BCUT2D eigenvalue weighted by Crippen LogP contribution is 2.22. The molecule has 21 heavy (non-hydrogen) atoms. The summed E-state index contributed by atoms with van der Waals surface area (Å²) in [4.78, 5) is 17.3. The van der Waals surface area contributed by atoms with Crippen LogP contribution in [0.5, 0.6) is 0 Å². The average Bonchev–Trinajstić information content (AvgIpc) is 2.94. The molecule has 0 aliphatic heterocycles. The van der Waals surface area contributed by atoms with Gasteiger partial charge in [-0.1, -0.05) is 17.7 Å². The van der Waals surface area contributed by atoms with E-state index in [9.17, 15) is 4.79 Å². The first-order valence-electron chi connectivity index (χ1n) is 6.53. The van der Waals surface area contributed by atoms with E-state index in [0.717, 1.165) is 20.8 Å². The van der Waals surface area contributed by atoms with Crippen LogP contribution in [-0.4, -0.2) is 16.6 Å². The van der Waals surface area contributed by atoms with E-state index in [2.05, 4.69) is 29.4 Å². The van der Waals surface area contributed by atoms with E-state index >= 15 is 0 Å². The number of benzene rings is 2. The summed E-state index contributed by atoms with van der Waals surface area (Å²) in [5.41, 5.74) is 4.75. The van der Waals surface area contributed by atoms with Gasteiger partial charge >= 0.3 is 0 Å². The molecular formula is C16H14N2OS2. The Labute approximate surface area is 131 Å². The van der Waals surface area contributed by atoms with Crippen molar-refractivity contribution in [1.29, 1.82) is 0 Å². The Balaban J connectivity index is 1.59. The molecule has 1 amide bonds. The first kappa shape index (κ1) is 14.1. The van der Waals surface area contributed by atoms with Gasteiger partial charge in [0.1, 0.15) is 0 Å². The molecule has 0 aliphatic rings. The summed E-state index contributed by atoms with van der Waals surface area (Å²) in [6.45, 7) is 2.05. The van der Waals surface area contributed by atoms with Gasteiger partial charge in [0.15, 0.2) is 0 Å². The molecule has 0 unspecified atom stereocenters. The highest BCUT2D eigenvalue weighted by Gasteiger charge is 2.05. The van der Waals surface area contributed by atoms with Crippen LogP contribution in [0, 0.1) is 6.92 Å². The quantitative estimate of drug-likeness (QED) is 0.729. The van der Waals surface area contributed by atoms with Gasteiger partial charge in [-0.3, -0.25) is 4.79 Å². The standard InChI is InChI=1S/C16H14N2OS2/c1-11-2-5-13(6-3-11)20-9-16(19)18-12-4-7-15-14(8-12)17-10-21-15/h2-8,10H,9H2,1H3,(H,18,19). The molecule has 1 aromatic heterocycles. The number of carbonyl (C=O) groups is 1. The van der Waals surface area contributed by atoms with Crippen LogP contribution in [0.4, 0.5) is 5.69 Å². The number of thiazole rings is 1. The lowest BCUT2D eigenvalue weighted by Crippen LogP contribution is -2.13. The highest BCUT2D eigenvalue weighted by atomic mass is 32.2. The second-order valence-electron chi connectivity index (χ2n) is 4.68. The number of rotatable bonds is 4. The van der Waals surface area contributed by atoms with Crippen LogP contribution in [-0.2, 0) is 4.79 Å². The largest absolute Gasteiger partial charge is 0.325 e. The lowest BCUT2D eigenvalue weighted by molar-refractivity contribution is -0.113. The first-order valence-corrected chi connectivity index (χ1v) is 8.40. The van der Waals surface area contributed by atoms with Crippen molar-refractivity contribution in [2.24, 2.45) is 0 Å². The monoisotopic (exact) mass is 314 g/mol. The molecule has 3 nitrogen and oxygen atoms in total. The zero-order valence-corrected chi connectivity index (χ0v) is 13.1. The average molecular weight is 314 g/mol. The van der Waals surface area contributed by atoms with Gasteiger partial charge in [-0.15, -0.1) is 23.1 Å². The third-order valence-corrected chi connectivity index (χ3v) is 4.83. The summed E-state index contributed by atoms with van der Waals surface area (Å²) >= 11 is 3.13. The first-order chi connectivity index (χ1) is 10.2. The van der Waals surface area contributed by atoms with Crippen molar-refractivity contribution in [3.8, 4) is 0 Å². The van der Waals surface area contributed by atoms with Gasteiger partial charge < -0.3 is 5.32 Å². The summed E-state index contributed by atoms with van der Waals surface area (Å²) in [5.74, 6) is 0.396.